The van der Waals surface area contributed by atoms with Crippen LogP contribution < -0.4 is 4.74 Å². The number of aliphatic carboxylic acids is 1. The number of rotatable bonds is 7. The van der Waals surface area contributed by atoms with Gasteiger partial charge in [0.2, 0.25) is 5.88 Å². The lowest BCUT2D eigenvalue weighted by atomic mass is 10.3. The van der Waals surface area contributed by atoms with E-state index in [0.29, 0.717) is 25.0 Å². The van der Waals surface area contributed by atoms with E-state index in [1.54, 1.807) is 7.11 Å². The molecule has 1 saturated carbocycles. The summed E-state index contributed by atoms with van der Waals surface area (Å²) in [7, 11) is 1.59. The standard InChI is InChI=1S/C13H18N2O3/c1-18-12-4-2-3-10(14-12)9-15(11-5-6-11)8-7-13(16)17/h2-4,11H,5-9H2,1H3,(H,16,17). The van der Waals surface area contributed by atoms with Crippen LogP contribution in [0.2, 0.25) is 0 Å². The second-order valence-corrected chi connectivity index (χ2v) is 4.52. The first kappa shape index (κ1) is 12.8. The molecule has 5 heteroatoms. The van der Waals surface area contributed by atoms with Crippen LogP contribution in [0, 0.1) is 0 Å². The molecule has 0 saturated heterocycles. The molecule has 0 bridgehead atoms. The Kier molecular flexibility index (Phi) is 4.15. The van der Waals surface area contributed by atoms with Gasteiger partial charge in [0.1, 0.15) is 0 Å². The summed E-state index contributed by atoms with van der Waals surface area (Å²) in [6, 6.07) is 6.18. The van der Waals surface area contributed by atoms with Crippen molar-refractivity contribution >= 4 is 5.97 Å². The zero-order valence-electron chi connectivity index (χ0n) is 10.5. The van der Waals surface area contributed by atoms with Crippen LogP contribution in [0.25, 0.3) is 0 Å². The molecule has 1 aliphatic carbocycles. The Labute approximate surface area is 106 Å². The smallest absolute Gasteiger partial charge is 0.304 e. The summed E-state index contributed by atoms with van der Waals surface area (Å²) in [6.07, 6.45) is 2.49. The van der Waals surface area contributed by atoms with Gasteiger partial charge in [0.15, 0.2) is 0 Å². The number of carbonyl (C=O) groups is 1. The molecule has 98 valence electrons. The number of hydrogen-bond donors (Lipinski definition) is 1. The zero-order valence-corrected chi connectivity index (χ0v) is 10.5. The lowest BCUT2D eigenvalue weighted by Gasteiger charge is -2.20. The Balaban J connectivity index is 1.96. The minimum absolute atomic E-state index is 0.181. The highest BCUT2D eigenvalue weighted by Gasteiger charge is 2.29. The van der Waals surface area contributed by atoms with Gasteiger partial charge in [-0.2, -0.15) is 0 Å². The molecule has 0 aromatic carbocycles. The zero-order chi connectivity index (χ0) is 13.0. The Morgan fingerprint density at radius 2 is 2.33 bits per heavy atom. The number of methoxy groups -OCH3 is 1. The van der Waals surface area contributed by atoms with Crippen LogP contribution in [0.4, 0.5) is 0 Å². The number of carboxylic acids is 1. The van der Waals surface area contributed by atoms with Crippen molar-refractivity contribution in [3.63, 3.8) is 0 Å². The van der Waals surface area contributed by atoms with Gasteiger partial charge in [0.05, 0.1) is 19.2 Å². The van der Waals surface area contributed by atoms with Crippen LogP contribution in [-0.4, -0.2) is 40.7 Å². The molecule has 1 aromatic heterocycles. The predicted molar refractivity (Wildman–Crippen MR) is 66.5 cm³/mol. The minimum atomic E-state index is -0.751. The van der Waals surface area contributed by atoms with Gasteiger partial charge in [-0.05, 0) is 18.9 Å². The number of ether oxygens (including phenoxy) is 1. The highest BCUT2D eigenvalue weighted by Crippen LogP contribution is 2.28. The maximum Gasteiger partial charge on any atom is 0.304 e. The van der Waals surface area contributed by atoms with Gasteiger partial charge in [0.25, 0.3) is 0 Å². The van der Waals surface area contributed by atoms with Gasteiger partial charge >= 0.3 is 5.97 Å². The molecule has 0 unspecified atom stereocenters. The molecule has 1 N–H and O–H groups in total. The van der Waals surface area contributed by atoms with E-state index in [4.69, 9.17) is 9.84 Å². The van der Waals surface area contributed by atoms with Crippen molar-refractivity contribution in [2.75, 3.05) is 13.7 Å². The minimum Gasteiger partial charge on any atom is -0.481 e. The van der Waals surface area contributed by atoms with Crippen molar-refractivity contribution < 1.29 is 14.6 Å². The third-order valence-electron chi connectivity index (χ3n) is 3.03. The largest absolute Gasteiger partial charge is 0.481 e. The summed E-state index contributed by atoms with van der Waals surface area (Å²) in [5.41, 5.74) is 0.923. The summed E-state index contributed by atoms with van der Waals surface area (Å²) in [5, 5.41) is 8.75. The van der Waals surface area contributed by atoms with Crippen LogP contribution in [0.1, 0.15) is 25.0 Å². The van der Waals surface area contributed by atoms with Gasteiger partial charge in [-0.1, -0.05) is 6.07 Å². The Hall–Kier alpha value is -1.62. The van der Waals surface area contributed by atoms with Gasteiger partial charge < -0.3 is 9.84 Å². The quantitative estimate of drug-likeness (QED) is 0.795. The van der Waals surface area contributed by atoms with Crippen molar-refractivity contribution in [2.45, 2.75) is 31.8 Å². The molecule has 0 spiro atoms. The Bertz CT molecular complexity index is 418. The molecule has 1 heterocycles. The summed E-state index contributed by atoms with van der Waals surface area (Å²) in [4.78, 5) is 17.2. The van der Waals surface area contributed by atoms with Gasteiger partial charge in [-0.15, -0.1) is 0 Å². The average Bonchev–Trinajstić information content (AvgIpc) is 3.18. The topological polar surface area (TPSA) is 62.7 Å². The van der Waals surface area contributed by atoms with E-state index in [0.717, 1.165) is 18.5 Å². The lowest BCUT2D eigenvalue weighted by Crippen LogP contribution is -2.28. The van der Waals surface area contributed by atoms with Crippen molar-refractivity contribution in [1.29, 1.82) is 0 Å². The molecule has 18 heavy (non-hydrogen) atoms. The molecule has 0 radical (unpaired) electrons. The molecule has 5 nitrogen and oxygen atoms in total. The number of carboxylic acid groups (broad SMARTS) is 1. The van der Waals surface area contributed by atoms with Crippen LogP contribution >= 0.6 is 0 Å². The monoisotopic (exact) mass is 250 g/mol. The molecule has 1 aliphatic rings. The SMILES string of the molecule is COc1cccc(CN(CCC(=O)O)C2CC2)n1. The fourth-order valence-electron chi connectivity index (χ4n) is 1.94. The van der Waals surface area contributed by atoms with E-state index in [9.17, 15) is 4.79 Å². The molecular formula is C13H18N2O3. The number of nitrogens with zero attached hydrogens (tertiary/aromatic N) is 2. The first-order valence-corrected chi connectivity index (χ1v) is 6.15. The van der Waals surface area contributed by atoms with Crippen molar-refractivity contribution in [3.05, 3.63) is 23.9 Å². The van der Waals surface area contributed by atoms with Gasteiger partial charge in [0, 0.05) is 25.2 Å². The summed E-state index contributed by atoms with van der Waals surface area (Å²) in [5.74, 6) is -0.152. The fraction of sp³-hybridized carbons (Fsp3) is 0.538. The number of pyridine rings is 1. The normalized spacial score (nSPS) is 14.8. The van der Waals surface area contributed by atoms with Crippen LogP contribution in [0.15, 0.2) is 18.2 Å². The van der Waals surface area contributed by atoms with E-state index in [1.165, 1.54) is 0 Å². The van der Waals surface area contributed by atoms with Gasteiger partial charge in [-0.25, -0.2) is 4.98 Å². The fourth-order valence-corrected chi connectivity index (χ4v) is 1.94. The van der Waals surface area contributed by atoms with E-state index >= 15 is 0 Å². The Morgan fingerprint density at radius 1 is 1.56 bits per heavy atom. The maximum atomic E-state index is 10.6. The molecule has 0 amide bonds. The molecule has 1 fully saturated rings. The third-order valence-corrected chi connectivity index (χ3v) is 3.03. The van der Waals surface area contributed by atoms with Crippen LogP contribution in [0.5, 0.6) is 5.88 Å². The molecular weight excluding hydrogens is 232 g/mol. The second kappa shape index (κ2) is 5.82. The van der Waals surface area contributed by atoms with Crippen molar-refractivity contribution in [3.8, 4) is 5.88 Å². The summed E-state index contributed by atoms with van der Waals surface area (Å²) < 4.78 is 5.09. The lowest BCUT2D eigenvalue weighted by molar-refractivity contribution is -0.137. The van der Waals surface area contributed by atoms with Crippen molar-refractivity contribution in [2.24, 2.45) is 0 Å². The van der Waals surface area contributed by atoms with Crippen LogP contribution in [-0.2, 0) is 11.3 Å². The predicted octanol–water partition coefficient (Wildman–Crippen LogP) is 1.53. The maximum absolute atomic E-state index is 10.6. The van der Waals surface area contributed by atoms with Crippen molar-refractivity contribution in [1.82, 2.24) is 9.88 Å². The molecule has 2 rings (SSSR count). The second-order valence-electron chi connectivity index (χ2n) is 4.52. The summed E-state index contributed by atoms with van der Waals surface area (Å²) >= 11 is 0. The van der Waals surface area contributed by atoms with Crippen LogP contribution in [0.3, 0.4) is 0 Å². The number of hydrogen-bond acceptors (Lipinski definition) is 4. The first-order valence-electron chi connectivity index (χ1n) is 6.15. The Morgan fingerprint density at radius 3 is 2.94 bits per heavy atom. The highest BCUT2D eigenvalue weighted by molar-refractivity contribution is 5.66. The van der Waals surface area contributed by atoms with E-state index < -0.39 is 5.97 Å². The molecule has 0 aliphatic heterocycles. The van der Waals surface area contributed by atoms with E-state index in [-0.39, 0.29) is 6.42 Å². The van der Waals surface area contributed by atoms with E-state index in [1.807, 2.05) is 18.2 Å². The highest BCUT2D eigenvalue weighted by atomic mass is 16.5. The average molecular weight is 250 g/mol. The first-order chi connectivity index (χ1) is 8.69. The third kappa shape index (κ3) is 3.70. The molecule has 1 aromatic rings. The number of aromatic nitrogens is 1. The summed E-state index contributed by atoms with van der Waals surface area (Å²) in [6.45, 7) is 1.27. The van der Waals surface area contributed by atoms with E-state index in [2.05, 4.69) is 9.88 Å². The molecule has 0 atom stereocenters. The van der Waals surface area contributed by atoms with Gasteiger partial charge in [-0.3, -0.25) is 9.69 Å².